The molecule has 3 N–H and O–H groups in total. The summed E-state index contributed by atoms with van der Waals surface area (Å²) < 4.78 is 45.8. The van der Waals surface area contributed by atoms with Gasteiger partial charge in [0.15, 0.2) is 11.9 Å². The van der Waals surface area contributed by atoms with Crippen molar-refractivity contribution in [2.45, 2.75) is 128 Å². The number of halogens is 1. The Balaban J connectivity index is 1.38. The van der Waals surface area contributed by atoms with Crippen LogP contribution in [0.5, 0.6) is 0 Å². The predicted octanol–water partition coefficient (Wildman–Crippen LogP) is 6.23. The van der Waals surface area contributed by atoms with Crippen LogP contribution in [0.25, 0.3) is 0 Å². The van der Waals surface area contributed by atoms with Crippen LogP contribution in [0, 0.1) is 29.5 Å². The fourth-order valence-electron chi connectivity index (χ4n) is 8.74. The SMILES string of the molecule is CC[C@H](C)[C@H]1O[C@]2(CC[C@@H]1C)C[C@@H]1C[C@@H](C/C=C(\C)C(O)[C@@H](C)/C=C/C=C3\CO[C@@H]4[C@H](OC(=O)c5ccc(F)cc5C(=O)O)C(C)=C[C@@H](C(=O)O1)[C@]34O)O2. The Kier molecular flexibility index (Phi) is 11.7. The van der Waals surface area contributed by atoms with Crippen LogP contribution in [0.1, 0.15) is 101 Å². The Hall–Kier alpha value is -3.68. The number of aromatic carboxylic acids is 1. The van der Waals surface area contributed by atoms with E-state index in [1.54, 1.807) is 25.2 Å². The molecule has 5 aliphatic rings. The van der Waals surface area contributed by atoms with Gasteiger partial charge in [-0.2, -0.15) is 0 Å². The average molecular weight is 753 g/mol. The summed E-state index contributed by atoms with van der Waals surface area (Å²) in [6.45, 7) is 11.7. The first kappa shape index (κ1) is 40.0. The zero-order valence-electron chi connectivity index (χ0n) is 31.8. The van der Waals surface area contributed by atoms with Gasteiger partial charge in [-0.05, 0) is 73.4 Å². The van der Waals surface area contributed by atoms with Gasteiger partial charge in [0.2, 0.25) is 0 Å². The quantitative estimate of drug-likeness (QED) is 0.231. The number of carboxylic acids is 1. The minimum atomic E-state index is -2.04. The molecule has 0 aromatic heterocycles. The Bertz CT molecular complexity index is 1740. The maximum absolute atomic E-state index is 14.4. The number of hydrogen-bond donors (Lipinski definition) is 3. The van der Waals surface area contributed by atoms with E-state index in [4.69, 9.17) is 23.7 Å². The van der Waals surface area contributed by atoms with E-state index < -0.39 is 71.0 Å². The summed E-state index contributed by atoms with van der Waals surface area (Å²) in [7, 11) is 0. The van der Waals surface area contributed by atoms with Crippen molar-refractivity contribution in [3.63, 3.8) is 0 Å². The first-order valence-corrected chi connectivity index (χ1v) is 19.1. The minimum Gasteiger partial charge on any atom is -0.478 e. The maximum Gasteiger partial charge on any atom is 0.339 e. The number of carbonyl (C=O) groups excluding carboxylic acids is 2. The molecule has 4 heterocycles. The smallest absolute Gasteiger partial charge is 0.339 e. The summed E-state index contributed by atoms with van der Waals surface area (Å²) in [6.07, 6.45) is 7.84. The normalized spacial score (nSPS) is 40.2. The number of hydrogen-bond acceptors (Lipinski definition) is 10. The van der Waals surface area contributed by atoms with Gasteiger partial charge in [0.1, 0.15) is 29.5 Å². The Morgan fingerprint density at radius 3 is 2.59 bits per heavy atom. The Morgan fingerprint density at radius 1 is 1.11 bits per heavy atom. The highest BCUT2D eigenvalue weighted by Crippen LogP contribution is 2.48. The molecule has 12 atom stereocenters. The largest absolute Gasteiger partial charge is 0.478 e. The summed E-state index contributed by atoms with van der Waals surface area (Å²) in [5, 5.41) is 33.6. The first-order valence-electron chi connectivity index (χ1n) is 19.1. The number of aliphatic hydroxyl groups is 2. The van der Waals surface area contributed by atoms with Crippen LogP contribution in [0.4, 0.5) is 4.39 Å². The summed E-state index contributed by atoms with van der Waals surface area (Å²) in [5.74, 6) is -6.06. The molecule has 54 heavy (non-hydrogen) atoms. The third kappa shape index (κ3) is 7.73. The van der Waals surface area contributed by atoms with E-state index in [1.807, 2.05) is 19.9 Å². The lowest BCUT2D eigenvalue weighted by molar-refractivity contribution is -0.340. The van der Waals surface area contributed by atoms with Crippen LogP contribution >= 0.6 is 0 Å². The number of aliphatic hydroxyl groups excluding tert-OH is 1. The molecule has 0 radical (unpaired) electrons. The van der Waals surface area contributed by atoms with Gasteiger partial charge < -0.3 is 39.0 Å². The highest BCUT2D eigenvalue weighted by molar-refractivity contribution is 6.02. The second kappa shape index (κ2) is 15.8. The third-order valence-electron chi connectivity index (χ3n) is 12.1. The number of fused-ring (bicyclic) bond motifs is 2. The molecule has 1 aromatic rings. The molecule has 4 aliphatic heterocycles. The maximum atomic E-state index is 14.4. The van der Waals surface area contributed by atoms with E-state index >= 15 is 0 Å². The van der Waals surface area contributed by atoms with Crippen molar-refractivity contribution in [1.82, 2.24) is 0 Å². The van der Waals surface area contributed by atoms with Gasteiger partial charge in [-0.25, -0.2) is 14.0 Å². The van der Waals surface area contributed by atoms with Crippen molar-refractivity contribution in [2.75, 3.05) is 6.61 Å². The van der Waals surface area contributed by atoms with Gasteiger partial charge in [-0.15, -0.1) is 0 Å². The lowest BCUT2D eigenvalue weighted by Gasteiger charge is -2.51. The van der Waals surface area contributed by atoms with Crippen LogP contribution in [-0.4, -0.2) is 87.8 Å². The lowest BCUT2D eigenvalue weighted by atomic mass is 9.70. The molecule has 294 valence electrons. The molecule has 12 heteroatoms. The number of allylic oxidation sites excluding steroid dienone is 2. The molecule has 1 unspecified atom stereocenters. The number of esters is 2. The van der Waals surface area contributed by atoms with E-state index in [1.165, 1.54) is 6.08 Å². The Labute approximate surface area is 315 Å². The van der Waals surface area contributed by atoms with Gasteiger partial charge in [-0.3, -0.25) is 4.79 Å². The zero-order chi connectivity index (χ0) is 39.1. The summed E-state index contributed by atoms with van der Waals surface area (Å²) in [6, 6.07) is 2.71. The summed E-state index contributed by atoms with van der Waals surface area (Å²) >= 11 is 0. The molecule has 2 bridgehead atoms. The number of carbonyl (C=O) groups is 3. The topological polar surface area (TPSA) is 158 Å². The second-order valence-electron chi connectivity index (χ2n) is 16.0. The fraction of sp³-hybridized carbons (Fsp3) is 0.595. The molecular formula is C42H53FO11. The number of benzene rings is 1. The van der Waals surface area contributed by atoms with E-state index in [9.17, 15) is 34.1 Å². The van der Waals surface area contributed by atoms with Gasteiger partial charge in [0, 0.05) is 25.2 Å². The third-order valence-corrected chi connectivity index (χ3v) is 12.1. The van der Waals surface area contributed by atoms with E-state index in [0.717, 1.165) is 36.6 Å². The molecule has 6 rings (SSSR count). The van der Waals surface area contributed by atoms with Crippen molar-refractivity contribution in [3.8, 4) is 0 Å². The first-order chi connectivity index (χ1) is 25.6. The minimum absolute atomic E-state index is 0.0432. The van der Waals surface area contributed by atoms with Crippen molar-refractivity contribution in [2.24, 2.45) is 23.7 Å². The average Bonchev–Trinajstić information content (AvgIpc) is 3.47. The predicted molar refractivity (Wildman–Crippen MR) is 195 cm³/mol. The highest BCUT2D eigenvalue weighted by Gasteiger charge is 2.61. The molecule has 3 saturated heterocycles. The molecule has 1 spiro atoms. The molecular weight excluding hydrogens is 699 g/mol. The van der Waals surface area contributed by atoms with Crippen LogP contribution in [0.2, 0.25) is 0 Å². The van der Waals surface area contributed by atoms with Gasteiger partial charge in [0.25, 0.3) is 0 Å². The highest BCUT2D eigenvalue weighted by atomic mass is 19.1. The van der Waals surface area contributed by atoms with Crippen molar-refractivity contribution in [1.29, 1.82) is 0 Å². The Morgan fingerprint density at radius 2 is 1.87 bits per heavy atom. The fourth-order valence-corrected chi connectivity index (χ4v) is 8.74. The molecule has 1 aromatic carbocycles. The van der Waals surface area contributed by atoms with Gasteiger partial charge in [0.05, 0.1) is 36.0 Å². The van der Waals surface area contributed by atoms with Crippen molar-refractivity contribution < 1.29 is 57.8 Å². The standard InChI is InChI=1S/C42H53FO11/c1-7-22(2)35-25(5)15-16-41(54-35)20-30-19-29(53-41)13-11-24(4)34(44)23(3)9-8-10-27-21-50-37-36(26(6)17-33(40(48)51-30)42(27,37)49)52-39(47)31-14-12-28(43)18-32(31)38(45)46/h8-12,14,17-18,22-23,25,29-30,33-37,44,49H,7,13,15-16,19-21H2,1-6H3,(H,45,46)/b9-8+,24-11+,27-10+/t22-,23-,25-,29+,30-,33-,34?,35+,36+,37+,41+,42+/m0/s1. The van der Waals surface area contributed by atoms with E-state index in [-0.39, 0.29) is 36.2 Å². The molecule has 11 nitrogen and oxygen atoms in total. The van der Waals surface area contributed by atoms with E-state index in [0.29, 0.717) is 42.7 Å². The van der Waals surface area contributed by atoms with Crippen LogP contribution in [-0.2, 0) is 28.5 Å². The molecule has 1 aliphatic carbocycles. The van der Waals surface area contributed by atoms with Gasteiger partial charge >= 0.3 is 17.9 Å². The van der Waals surface area contributed by atoms with E-state index in [2.05, 4.69) is 20.8 Å². The summed E-state index contributed by atoms with van der Waals surface area (Å²) in [5.41, 5.74) is -1.53. The molecule has 0 amide bonds. The van der Waals surface area contributed by atoms with Crippen LogP contribution in [0.3, 0.4) is 0 Å². The summed E-state index contributed by atoms with van der Waals surface area (Å²) in [4.78, 5) is 39.8. The van der Waals surface area contributed by atoms with Crippen LogP contribution < -0.4 is 0 Å². The number of rotatable bonds is 5. The van der Waals surface area contributed by atoms with Crippen LogP contribution in [0.15, 0.2) is 65.3 Å². The molecule has 3 fully saturated rings. The van der Waals surface area contributed by atoms with Crippen molar-refractivity contribution in [3.05, 3.63) is 82.2 Å². The number of ether oxygens (including phenoxy) is 5. The second-order valence-corrected chi connectivity index (χ2v) is 16.0. The molecule has 0 saturated carbocycles. The van der Waals surface area contributed by atoms with Gasteiger partial charge in [-0.1, -0.05) is 64.5 Å². The van der Waals surface area contributed by atoms with Crippen molar-refractivity contribution >= 4 is 17.9 Å². The zero-order valence-corrected chi connectivity index (χ0v) is 31.8. The number of carboxylic acid groups (broad SMARTS) is 1. The lowest BCUT2D eigenvalue weighted by Crippen LogP contribution is -2.59. The monoisotopic (exact) mass is 752 g/mol.